The maximum Gasteiger partial charge on any atom is 0.171 e. The predicted octanol–water partition coefficient (Wildman–Crippen LogP) is 3.31. The lowest BCUT2D eigenvalue weighted by atomic mass is 10.2. The minimum absolute atomic E-state index is 0.333. The Hall–Kier alpha value is -2.21. The van der Waals surface area contributed by atoms with Crippen molar-refractivity contribution in [3.63, 3.8) is 0 Å². The van der Waals surface area contributed by atoms with Gasteiger partial charge in [-0.25, -0.2) is 0 Å². The third-order valence-electron chi connectivity index (χ3n) is 1.89. The SMILES string of the molecule is CC.CC.CNc1ccc(C)cc1.CO.O=Cc1cn[nH]n1. The van der Waals surface area contributed by atoms with Crippen molar-refractivity contribution in [2.75, 3.05) is 19.5 Å². The molecule has 3 N–H and O–H groups in total. The summed E-state index contributed by atoms with van der Waals surface area (Å²) in [6.07, 6.45) is 1.98. The molecule has 0 radical (unpaired) electrons. The van der Waals surface area contributed by atoms with Crippen LogP contribution in [0.2, 0.25) is 0 Å². The van der Waals surface area contributed by atoms with Gasteiger partial charge in [-0.15, -0.1) is 0 Å². The highest BCUT2D eigenvalue weighted by Gasteiger charge is 1.85. The largest absolute Gasteiger partial charge is 0.400 e. The normalized spacial score (nSPS) is 7.27. The van der Waals surface area contributed by atoms with Crippen molar-refractivity contribution in [1.82, 2.24) is 15.4 Å². The summed E-state index contributed by atoms with van der Waals surface area (Å²) >= 11 is 0. The minimum atomic E-state index is 0.333. The molecule has 2 rings (SSSR count). The Labute approximate surface area is 134 Å². The molecule has 1 heterocycles. The van der Waals surface area contributed by atoms with Gasteiger partial charge in [0.2, 0.25) is 0 Å². The molecule has 0 saturated heterocycles. The summed E-state index contributed by atoms with van der Waals surface area (Å²) in [5.41, 5.74) is 2.80. The van der Waals surface area contributed by atoms with Crippen molar-refractivity contribution >= 4 is 12.0 Å². The third-order valence-corrected chi connectivity index (χ3v) is 1.89. The first-order chi connectivity index (χ1) is 10.8. The molecule has 0 fully saturated rings. The standard InChI is InChI=1S/C8H11N.C3H3N3O.2C2H6.CH4O/c1-7-3-5-8(9-2)6-4-7;7-2-3-1-4-6-5-3;3*1-2/h3-6,9H,1-2H3;1-2H,(H,4,5,6);2*1-2H3;2H,1H3. The van der Waals surface area contributed by atoms with Crippen LogP contribution in [0, 0.1) is 6.92 Å². The van der Waals surface area contributed by atoms with Crippen molar-refractivity contribution < 1.29 is 9.90 Å². The lowest BCUT2D eigenvalue weighted by Crippen LogP contribution is -1.85. The number of carbonyl (C=O) groups is 1. The zero-order valence-corrected chi connectivity index (χ0v) is 14.7. The molecule has 0 unspecified atom stereocenters. The molecule has 0 amide bonds. The number of hydrogen-bond acceptors (Lipinski definition) is 5. The zero-order valence-electron chi connectivity index (χ0n) is 14.7. The molecule has 0 aliphatic carbocycles. The second-order valence-corrected chi connectivity index (χ2v) is 3.13. The second kappa shape index (κ2) is 21.1. The van der Waals surface area contributed by atoms with Crippen molar-refractivity contribution in [1.29, 1.82) is 0 Å². The van der Waals surface area contributed by atoms with Gasteiger partial charge in [0.1, 0.15) is 5.69 Å². The maximum absolute atomic E-state index is 9.75. The topological polar surface area (TPSA) is 90.9 Å². The highest BCUT2D eigenvalue weighted by atomic mass is 16.2. The van der Waals surface area contributed by atoms with E-state index in [2.05, 4.69) is 51.9 Å². The van der Waals surface area contributed by atoms with Gasteiger partial charge in [0, 0.05) is 19.8 Å². The number of aliphatic hydroxyl groups excluding tert-OH is 1. The van der Waals surface area contributed by atoms with Crippen LogP contribution < -0.4 is 5.32 Å². The van der Waals surface area contributed by atoms with E-state index in [4.69, 9.17) is 5.11 Å². The van der Waals surface area contributed by atoms with E-state index in [1.54, 1.807) is 0 Å². The Balaban J connectivity index is -0.000000249. The van der Waals surface area contributed by atoms with Crippen molar-refractivity contribution in [2.45, 2.75) is 34.6 Å². The minimum Gasteiger partial charge on any atom is -0.400 e. The van der Waals surface area contributed by atoms with Crippen LogP contribution in [0.5, 0.6) is 0 Å². The van der Waals surface area contributed by atoms with Crippen LogP contribution in [0.4, 0.5) is 5.69 Å². The summed E-state index contributed by atoms with van der Waals surface area (Å²) in [6.45, 7) is 10.1. The molecule has 1 aromatic heterocycles. The first-order valence-corrected chi connectivity index (χ1v) is 7.26. The van der Waals surface area contributed by atoms with E-state index in [1.807, 2.05) is 34.7 Å². The van der Waals surface area contributed by atoms with Gasteiger partial charge >= 0.3 is 0 Å². The molecule has 0 saturated carbocycles. The molecule has 0 spiro atoms. The second-order valence-electron chi connectivity index (χ2n) is 3.13. The number of nitrogens with one attached hydrogen (secondary N) is 2. The van der Waals surface area contributed by atoms with E-state index in [0.29, 0.717) is 12.0 Å². The molecular formula is C16H30N4O2. The molecule has 2 aromatic rings. The van der Waals surface area contributed by atoms with Crippen molar-refractivity contribution in [3.8, 4) is 0 Å². The fourth-order valence-corrected chi connectivity index (χ4v) is 0.987. The predicted molar refractivity (Wildman–Crippen MR) is 93.3 cm³/mol. The first kappa shape index (κ1) is 24.8. The number of H-pyrrole nitrogens is 1. The third kappa shape index (κ3) is 14.2. The molecule has 0 aliphatic rings. The highest BCUT2D eigenvalue weighted by Crippen LogP contribution is 2.06. The monoisotopic (exact) mass is 310 g/mol. The molecule has 126 valence electrons. The number of hydrogen-bond donors (Lipinski definition) is 3. The van der Waals surface area contributed by atoms with Gasteiger partial charge < -0.3 is 10.4 Å². The quantitative estimate of drug-likeness (QED) is 0.740. The number of aldehydes is 1. The number of anilines is 1. The Kier molecular flexibility index (Phi) is 23.8. The van der Waals surface area contributed by atoms with Crippen LogP contribution in [0.15, 0.2) is 30.5 Å². The van der Waals surface area contributed by atoms with Crippen LogP contribution in [0.1, 0.15) is 43.7 Å². The number of aromatic nitrogens is 3. The van der Waals surface area contributed by atoms with Crippen molar-refractivity contribution in [2.24, 2.45) is 0 Å². The number of carbonyl (C=O) groups excluding carboxylic acids is 1. The fraction of sp³-hybridized carbons (Fsp3) is 0.438. The Morgan fingerprint density at radius 1 is 1.09 bits per heavy atom. The van der Waals surface area contributed by atoms with E-state index in [0.717, 1.165) is 7.11 Å². The zero-order chi connectivity index (χ0) is 17.8. The Morgan fingerprint density at radius 2 is 1.59 bits per heavy atom. The molecular weight excluding hydrogens is 280 g/mol. The Bertz CT molecular complexity index is 414. The van der Waals surface area contributed by atoms with E-state index in [-0.39, 0.29) is 0 Å². The van der Waals surface area contributed by atoms with E-state index < -0.39 is 0 Å². The number of nitrogens with zero attached hydrogens (tertiary/aromatic N) is 2. The van der Waals surface area contributed by atoms with Crippen LogP contribution in [0.25, 0.3) is 0 Å². The lowest BCUT2D eigenvalue weighted by molar-refractivity contribution is 0.111. The summed E-state index contributed by atoms with van der Waals surface area (Å²) in [4.78, 5) is 9.75. The smallest absolute Gasteiger partial charge is 0.171 e. The molecule has 0 atom stereocenters. The van der Waals surface area contributed by atoms with E-state index >= 15 is 0 Å². The summed E-state index contributed by atoms with van der Waals surface area (Å²) in [5.74, 6) is 0. The number of aliphatic hydroxyl groups is 1. The molecule has 6 nitrogen and oxygen atoms in total. The average Bonchev–Trinajstić information content (AvgIpc) is 3.15. The highest BCUT2D eigenvalue weighted by molar-refractivity contribution is 5.70. The number of rotatable bonds is 2. The molecule has 22 heavy (non-hydrogen) atoms. The van der Waals surface area contributed by atoms with Gasteiger partial charge in [-0.1, -0.05) is 45.4 Å². The molecule has 0 bridgehead atoms. The van der Waals surface area contributed by atoms with Crippen LogP contribution in [0.3, 0.4) is 0 Å². The van der Waals surface area contributed by atoms with Crippen LogP contribution in [-0.4, -0.2) is 41.0 Å². The molecule has 0 aliphatic heterocycles. The summed E-state index contributed by atoms with van der Waals surface area (Å²) in [7, 11) is 2.92. The van der Waals surface area contributed by atoms with Gasteiger partial charge in [-0.05, 0) is 19.1 Å². The van der Waals surface area contributed by atoms with Crippen molar-refractivity contribution in [3.05, 3.63) is 41.7 Å². The summed E-state index contributed by atoms with van der Waals surface area (Å²) < 4.78 is 0. The van der Waals surface area contributed by atoms with E-state index in [1.165, 1.54) is 17.4 Å². The van der Waals surface area contributed by atoms with E-state index in [9.17, 15) is 4.79 Å². The molecule has 6 heteroatoms. The maximum atomic E-state index is 9.75. The van der Waals surface area contributed by atoms with Crippen LogP contribution >= 0.6 is 0 Å². The number of aromatic amines is 1. The first-order valence-electron chi connectivity index (χ1n) is 7.26. The van der Waals surface area contributed by atoms with Gasteiger partial charge in [-0.2, -0.15) is 15.4 Å². The van der Waals surface area contributed by atoms with Gasteiger partial charge in [0.15, 0.2) is 6.29 Å². The Morgan fingerprint density at radius 3 is 1.86 bits per heavy atom. The van der Waals surface area contributed by atoms with Crippen LogP contribution in [-0.2, 0) is 0 Å². The van der Waals surface area contributed by atoms with Gasteiger partial charge in [0.05, 0.1) is 6.20 Å². The van der Waals surface area contributed by atoms with Gasteiger partial charge in [-0.3, -0.25) is 4.79 Å². The lowest BCUT2D eigenvalue weighted by Gasteiger charge is -1.97. The summed E-state index contributed by atoms with van der Waals surface area (Å²) in [6, 6.07) is 8.31. The number of aryl methyl sites for hydroxylation is 1. The fourth-order valence-electron chi connectivity index (χ4n) is 0.987. The molecule has 1 aromatic carbocycles. The van der Waals surface area contributed by atoms with Gasteiger partial charge in [0.25, 0.3) is 0 Å². The average molecular weight is 310 g/mol. The number of benzene rings is 1. The summed E-state index contributed by atoms with van der Waals surface area (Å²) in [5, 5.41) is 19.2.